The Morgan fingerprint density at radius 3 is 0.561 bits per heavy atom. The van der Waals surface area contributed by atoms with Crippen molar-refractivity contribution in [2.24, 2.45) is 0 Å². The summed E-state index contributed by atoms with van der Waals surface area (Å²) in [6.07, 6.45) is -59.2. The Labute approximate surface area is 204 Å². The molecule has 41 heavy (non-hydrogen) atoms. The van der Waals surface area contributed by atoms with E-state index in [2.05, 4.69) is 0 Å². The van der Waals surface area contributed by atoms with E-state index >= 15 is 0 Å². The first kappa shape index (κ1) is 39.3. The second-order valence-electron chi connectivity index (χ2n) is 6.70. The lowest BCUT2D eigenvalue weighted by Gasteiger charge is -2.43. The summed E-state index contributed by atoms with van der Waals surface area (Å²) in [5, 5.41) is 0. The van der Waals surface area contributed by atoms with Crippen LogP contribution in [0.25, 0.3) is 0 Å². The van der Waals surface area contributed by atoms with Gasteiger partial charge >= 0.3 is 75.1 Å². The van der Waals surface area contributed by atoms with Crippen LogP contribution in [0.1, 0.15) is 0 Å². The first-order valence-corrected chi connectivity index (χ1v) is 9.86. The largest absolute Gasteiger partial charge is 0.599 e. The zero-order valence-electron chi connectivity index (χ0n) is 17.1. The average molecular weight is 702 g/mol. The van der Waals surface area contributed by atoms with Gasteiger partial charge in [0.05, 0.1) is 0 Å². The van der Waals surface area contributed by atoms with E-state index in [0.717, 1.165) is 13.3 Å². The fourth-order valence-electron chi connectivity index (χ4n) is 1.62. The van der Waals surface area contributed by atoms with Crippen LogP contribution in [0.3, 0.4) is 0 Å². The molecule has 0 heterocycles. The molecular formula is C11F26O3Si. The first-order valence-electron chi connectivity index (χ1n) is 8.14. The lowest BCUT2D eigenvalue weighted by Crippen LogP contribution is -2.76. The molecular weight excluding hydrogens is 702 g/mol. The third-order valence-electron chi connectivity index (χ3n) is 3.69. The van der Waals surface area contributed by atoms with Gasteiger partial charge in [-0.25, -0.2) is 0 Å². The number of alkyl halides is 26. The summed E-state index contributed by atoms with van der Waals surface area (Å²) in [5.41, 5.74) is -8.97. The SMILES string of the molecule is FC(F)(F)C(F)(F)C(F)(F)O[Si](OC(F)(F)C(F)(F)C(F)(F)F)(OC(F)(F)C(F)(F)C(F)(F)F)C(F)(F)C(F)(F)F. The number of halogens is 26. The number of hydrogen-bond donors (Lipinski definition) is 0. The predicted octanol–water partition coefficient (Wildman–Crippen LogP) is 8.08. The molecule has 0 rings (SSSR count). The lowest BCUT2D eigenvalue weighted by molar-refractivity contribution is -0.455. The summed E-state index contributed by atoms with van der Waals surface area (Å²) in [4.78, 5) is 0. The van der Waals surface area contributed by atoms with Gasteiger partial charge in [0.25, 0.3) is 0 Å². The maximum Gasteiger partial charge on any atom is 0.599 e. The molecule has 0 radical (unpaired) electrons. The molecule has 0 amide bonds. The van der Waals surface area contributed by atoms with E-state index < -0.39 is 75.1 Å². The van der Waals surface area contributed by atoms with Crippen LogP contribution in [0, 0.1) is 0 Å². The van der Waals surface area contributed by atoms with E-state index in [0.29, 0.717) is 0 Å². The Hall–Kier alpha value is -1.72. The molecule has 0 aromatic rings. The van der Waals surface area contributed by atoms with Crippen molar-refractivity contribution in [3.63, 3.8) is 0 Å². The summed E-state index contributed by atoms with van der Waals surface area (Å²) in [7, 11) is -11.3. The third kappa shape index (κ3) is 6.46. The zero-order chi connectivity index (χ0) is 34.1. The Morgan fingerprint density at radius 1 is 0.268 bits per heavy atom. The first-order chi connectivity index (χ1) is 17.1. The van der Waals surface area contributed by atoms with Crippen LogP contribution in [0.15, 0.2) is 0 Å². The van der Waals surface area contributed by atoms with Gasteiger partial charge in [-0.3, -0.25) is 0 Å². The Kier molecular flexibility index (Phi) is 9.49. The summed E-state index contributed by atoms with van der Waals surface area (Å²) in [6.45, 7) is 0. The minimum atomic E-state index is -11.3. The molecule has 0 N–H and O–H groups in total. The maximum absolute atomic E-state index is 13.9. The Morgan fingerprint density at radius 2 is 0.439 bits per heavy atom. The molecule has 0 saturated heterocycles. The molecule has 0 atom stereocenters. The lowest BCUT2D eigenvalue weighted by atomic mass is 10.3. The van der Waals surface area contributed by atoms with Gasteiger partial charge < -0.3 is 13.3 Å². The van der Waals surface area contributed by atoms with E-state index in [1.54, 1.807) is 0 Å². The van der Waals surface area contributed by atoms with E-state index in [1.807, 2.05) is 0 Å². The summed E-state index contributed by atoms with van der Waals surface area (Å²) in [6, 6.07) is 0. The van der Waals surface area contributed by atoms with E-state index in [4.69, 9.17) is 0 Å². The summed E-state index contributed by atoms with van der Waals surface area (Å²) < 4.78 is 338. The highest BCUT2D eigenvalue weighted by Gasteiger charge is 2.91. The van der Waals surface area contributed by atoms with Crippen LogP contribution in [-0.4, -0.2) is 75.1 Å². The second kappa shape index (κ2) is 9.91. The van der Waals surface area contributed by atoms with Crippen molar-refractivity contribution in [3.05, 3.63) is 0 Å². The molecule has 0 bridgehead atoms. The average Bonchev–Trinajstić information content (AvgIpc) is 2.62. The van der Waals surface area contributed by atoms with Crippen molar-refractivity contribution in [2.75, 3.05) is 0 Å². The fraction of sp³-hybridized carbons (Fsp3) is 1.00. The number of rotatable bonds is 10. The minimum absolute atomic E-state index is 1.16. The molecule has 0 aromatic heterocycles. The van der Waals surface area contributed by atoms with Gasteiger partial charge in [0.15, 0.2) is 0 Å². The van der Waals surface area contributed by atoms with Crippen molar-refractivity contribution >= 4 is 8.80 Å². The maximum atomic E-state index is 13.9. The van der Waals surface area contributed by atoms with Crippen LogP contribution in [0.4, 0.5) is 114 Å². The number of hydrogen-bond acceptors (Lipinski definition) is 3. The van der Waals surface area contributed by atoms with Crippen molar-refractivity contribution in [2.45, 2.75) is 66.3 Å². The normalized spacial score (nSPS) is 16.8. The summed E-state index contributed by atoms with van der Waals surface area (Å²) in [5.74, 6) is -25.6. The van der Waals surface area contributed by atoms with E-state index in [-0.39, 0.29) is 0 Å². The topological polar surface area (TPSA) is 27.7 Å². The second-order valence-corrected chi connectivity index (χ2v) is 9.05. The molecule has 0 fully saturated rings. The predicted molar refractivity (Wildman–Crippen MR) is 67.9 cm³/mol. The molecule has 0 unspecified atom stereocenters. The van der Waals surface area contributed by atoms with Gasteiger partial charge in [0, 0.05) is 0 Å². The van der Waals surface area contributed by atoms with Crippen LogP contribution in [0.5, 0.6) is 0 Å². The van der Waals surface area contributed by atoms with Gasteiger partial charge in [-0.05, 0) is 0 Å². The van der Waals surface area contributed by atoms with E-state index in [1.165, 1.54) is 0 Å². The molecule has 0 spiro atoms. The van der Waals surface area contributed by atoms with Crippen molar-refractivity contribution in [1.82, 2.24) is 0 Å². The molecule has 0 aliphatic carbocycles. The Bertz CT molecular complexity index is 823. The molecule has 0 aromatic carbocycles. The minimum Gasteiger partial charge on any atom is -0.304 e. The smallest absolute Gasteiger partial charge is 0.304 e. The van der Waals surface area contributed by atoms with Crippen LogP contribution in [0.2, 0.25) is 0 Å². The molecule has 0 aliphatic rings. The molecule has 30 heteroatoms. The molecule has 3 nitrogen and oxygen atoms in total. The van der Waals surface area contributed by atoms with Gasteiger partial charge in [-0.1, -0.05) is 0 Å². The highest BCUT2D eigenvalue weighted by Crippen LogP contribution is 2.58. The highest BCUT2D eigenvalue weighted by molar-refractivity contribution is 6.64. The van der Waals surface area contributed by atoms with Gasteiger partial charge in [0.1, 0.15) is 0 Å². The van der Waals surface area contributed by atoms with E-state index in [9.17, 15) is 114 Å². The summed E-state index contributed by atoms with van der Waals surface area (Å²) >= 11 is 0. The highest BCUT2D eigenvalue weighted by atomic mass is 28.4. The zero-order valence-corrected chi connectivity index (χ0v) is 18.1. The molecule has 0 saturated carbocycles. The van der Waals surface area contributed by atoms with Gasteiger partial charge in [0.2, 0.25) is 0 Å². The van der Waals surface area contributed by atoms with Crippen molar-refractivity contribution in [3.8, 4) is 0 Å². The van der Waals surface area contributed by atoms with Gasteiger partial charge in [-0.15, -0.1) is 0 Å². The van der Waals surface area contributed by atoms with Gasteiger partial charge in [-0.2, -0.15) is 114 Å². The van der Waals surface area contributed by atoms with Crippen LogP contribution in [-0.2, 0) is 13.3 Å². The monoisotopic (exact) mass is 702 g/mol. The standard InChI is InChI=1S/C11F26O3Si/c12-1(13,4(18,19)20)8(30,31)38-41(11(36,37)7(27,28)29,39-9(32,33)2(14,15)5(21,22)23)40-10(34,35)3(16,17)6(24,25)26. The van der Waals surface area contributed by atoms with Crippen LogP contribution < -0.4 is 0 Å². The molecule has 0 aliphatic heterocycles. The van der Waals surface area contributed by atoms with Crippen LogP contribution >= 0.6 is 0 Å². The fourth-order valence-corrected chi connectivity index (χ4v) is 3.88. The van der Waals surface area contributed by atoms with Crippen molar-refractivity contribution in [1.29, 1.82) is 0 Å². The Balaban J connectivity index is 8.08. The third-order valence-corrected chi connectivity index (χ3v) is 6.32. The molecule has 248 valence electrons. The quantitative estimate of drug-likeness (QED) is 0.170. The van der Waals surface area contributed by atoms with Crippen molar-refractivity contribution < 1.29 is 127 Å².